The SMILES string of the molecule is NC1CCCc2cc(OCc3ccc(I)cc3)ccc21. The molecule has 0 radical (unpaired) electrons. The van der Waals surface area contributed by atoms with E-state index < -0.39 is 0 Å². The van der Waals surface area contributed by atoms with Crippen LogP contribution >= 0.6 is 22.6 Å². The van der Waals surface area contributed by atoms with Crippen LogP contribution in [0, 0.1) is 3.57 Å². The van der Waals surface area contributed by atoms with Crippen LogP contribution in [0.25, 0.3) is 0 Å². The van der Waals surface area contributed by atoms with E-state index in [4.69, 9.17) is 10.5 Å². The maximum absolute atomic E-state index is 6.13. The topological polar surface area (TPSA) is 35.2 Å². The lowest BCUT2D eigenvalue weighted by atomic mass is 9.88. The molecule has 104 valence electrons. The lowest BCUT2D eigenvalue weighted by molar-refractivity contribution is 0.305. The summed E-state index contributed by atoms with van der Waals surface area (Å²) in [4.78, 5) is 0. The van der Waals surface area contributed by atoms with E-state index in [9.17, 15) is 0 Å². The first kappa shape index (κ1) is 13.9. The van der Waals surface area contributed by atoms with Crippen molar-refractivity contribution in [2.75, 3.05) is 0 Å². The standard InChI is InChI=1S/C17H18INO/c18-14-6-4-12(5-7-14)11-20-15-8-9-16-13(10-15)2-1-3-17(16)19/h4-10,17H,1-3,11,19H2. The molecule has 2 aromatic carbocycles. The van der Waals surface area contributed by atoms with Crippen molar-refractivity contribution in [1.82, 2.24) is 0 Å². The zero-order valence-electron chi connectivity index (χ0n) is 11.3. The van der Waals surface area contributed by atoms with Gasteiger partial charge in [0.05, 0.1) is 0 Å². The average Bonchev–Trinajstić information content (AvgIpc) is 2.47. The fraction of sp³-hybridized carbons (Fsp3) is 0.294. The molecule has 1 aliphatic carbocycles. The monoisotopic (exact) mass is 379 g/mol. The van der Waals surface area contributed by atoms with Crippen LogP contribution in [0.1, 0.15) is 35.6 Å². The van der Waals surface area contributed by atoms with E-state index in [0.717, 1.165) is 18.6 Å². The Bertz CT molecular complexity index is 594. The highest BCUT2D eigenvalue weighted by Crippen LogP contribution is 2.30. The minimum Gasteiger partial charge on any atom is -0.489 e. The van der Waals surface area contributed by atoms with Gasteiger partial charge < -0.3 is 10.5 Å². The molecule has 0 amide bonds. The van der Waals surface area contributed by atoms with Gasteiger partial charge in [-0.05, 0) is 82.8 Å². The van der Waals surface area contributed by atoms with Crippen LogP contribution in [-0.4, -0.2) is 0 Å². The molecular weight excluding hydrogens is 361 g/mol. The Hall–Kier alpha value is -1.07. The summed E-state index contributed by atoms with van der Waals surface area (Å²) in [5.74, 6) is 0.941. The molecule has 3 rings (SSSR count). The second kappa shape index (κ2) is 6.14. The molecule has 0 spiro atoms. The maximum Gasteiger partial charge on any atom is 0.120 e. The first-order chi connectivity index (χ1) is 9.72. The third kappa shape index (κ3) is 3.15. The van der Waals surface area contributed by atoms with Crippen molar-refractivity contribution >= 4 is 22.6 Å². The second-order valence-electron chi connectivity index (χ2n) is 5.27. The van der Waals surface area contributed by atoms with Gasteiger partial charge in [-0.2, -0.15) is 0 Å². The molecular formula is C17H18INO. The average molecular weight is 379 g/mol. The number of hydrogen-bond donors (Lipinski definition) is 1. The minimum atomic E-state index is 0.198. The number of hydrogen-bond acceptors (Lipinski definition) is 2. The van der Waals surface area contributed by atoms with Gasteiger partial charge in [-0.3, -0.25) is 0 Å². The molecule has 1 unspecified atom stereocenters. The third-order valence-corrected chi connectivity index (χ3v) is 4.51. The Kier molecular flexibility index (Phi) is 4.27. The lowest BCUT2D eigenvalue weighted by Gasteiger charge is -2.22. The largest absolute Gasteiger partial charge is 0.489 e. The van der Waals surface area contributed by atoms with E-state index in [1.165, 1.54) is 26.7 Å². The zero-order chi connectivity index (χ0) is 13.9. The number of nitrogens with two attached hydrogens (primary N) is 1. The number of halogens is 1. The van der Waals surface area contributed by atoms with Gasteiger partial charge in [-0.15, -0.1) is 0 Å². The predicted molar refractivity (Wildman–Crippen MR) is 89.8 cm³/mol. The highest BCUT2D eigenvalue weighted by Gasteiger charge is 2.16. The lowest BCUT2D eigenvalue weighted by Crippen LogP contribution is -2.17. The molecule has 2 N–H and O–H groups in total. The Balaban J connectivity index is 1.70. The normalized spacial score (nSPS) is 17.6. The van der Waals surface area contributed by atoms with Crippen LogP contribution < -0.4 is 10.5 Å². The number of rotatable bonds is 3. The minimum absolute atomic E-state index is 0.198. The number of benzene rings is 2. The summed E-state index contributed by atoms with van der Waals surface area (Å²) in [6, 6.07) is 14.9. The highest BCUT2D eigenvalue weighted by molar-refractivity contribution is 14.1. The fourth-order valence-corrected chi connectivity index (χ4v) is 3.02. The van der Waals surface area contributed by atoms with E-state index in [-0.39, 0.29) is 6.04 Å². The van der Waals surface area contributed by atoms with E-state index in [2.05, 4.69) is 59.0 Å². The van der Waals surface area contributed by atoms with Gasteiger partial charge in [-0.25, -0.2) is 0 Å². The summed E-state index contributed by atoms with van der Waals surface area (Å²) in [7, 11) is 0. The summed E-state index contributed by atoms with van der Waals surface area (Å²) in [6.45, 7) is 0.613. The summed E-state index contributed by atoms with van der Waals surface area (Å²) in [5, 5.41) is 0. The van der Waals surface area contributed by atoms with Crippen molar-refractivity contribution in [2.45, 2.75) is 31.9 Å². The van der Waals surface area contributed by atoms with Gasteiger partial charge in [0.1, 0.15) is 12.4 Å². The van der Waals surface area contributed by atoms with Crippen LogP contribution in [0.4, 0.5) is 0 Å². The second-order valence-corrected chi connectivity index (χ2v) is 6.52. The molecule has 3 heteroatoms. The van der Waals surface area contributed by atoms with Crippen molar-refractivity contribution in [3.63, 3.8) is 0 Å². The van der Waals surface area contributed by atoms with Gasteiger partial charge in [0.15, 0.2) is 0 Å². The van der Waals surface area contributed by atoms with Gasteiger partial charge >= 0.3 is 0 Å². The molecule has 0 aromatic heterocycles. The Morgan fingerprint density at radius 1 is 1.15 bits per heavy atom. The molecule has 0 fully saturated rings. The number of aryl methyl sites for hydroxylation is 1. The molecule has 20 heavy (non-hydrogen) atoms. The van der Waals surface area contributed by atoms with Crippen molar-refractivity contribution in [3.8, 4) is 5.75 Å². The van der Waals surface area contributed by atoms with Crippen LogP contribution in [0.3, 0.4) is 0 Å². The van der Waals surface area contributed by atoms with Crippen LogP contribution in [0.2, 0.25) is 0 Å². The molecule has 2 nitrogen and oxygen atoms in total. The van der Waals surface area contributed by atoms with E-state index in [1.54, 1.807) is 0 Å². The van der Waals surface area contributed by atoms with Gasteiger partial charge in [-0.1, -0.05) is 18.2 Å². The van der Waals surface area contributed by atoms with Gasteiger partial charge in [0.25, 0.3) is 0 Å². The quantitative estimate of drug-likeness (QED) is 0.812. The molecule has 0 saturated heterocycles. The van der Waals surface area contributed by atoms with Crippen molar-refractivity contribution < 1.29 is 4.74 Å². The molecule has 1 aliphatic rings. The van der Waals surface area contributed by atoms with Gasteiger partial charge in [0, 0.05) is 9.61 Å². The Labute approximate surface area is 133 Å². The summed E-state index contributed by atoms with van der Waals surface area (Å²) < 4.78 is 7.13. The summed E-state index contributed by atoms with van der Waals surface area (Å²) >= 11 is 2.31. The molecule has 2 aromatic rings. The fourth-order valence-electron chi connectivity index (χ4n) is 2.67. The molecule has 0 bridgehead atoms. The molecule has 0 saturated carbocycles. The first-order valence-corrected chi connectivity index (χ1v) is 8.06. The molecule has 1 atom stereocenters. The molecule has 0 aliphatic heterocycles. The van der Waals surface area contributed by atoms with E-state index >= 15 is 0 Å². The summed E-state index contributed by atoms with van der Waals surface area (Å²) in [5.41, 5.74) is 9.97. The van der Waals surface area contributed by atoms with Crippen LogP contribution in [0.15, 0.2) is 42.5 Å². The Morgan fingerprint density at radius 3 is 2.75 bits per heavy atom. The smallest absolute Gasteiger partial charge is 0.120 e. The number of ether oxygens (including phenoxy) is 1. The Morgan fingerprint density at radius 2 is 1.95 bits per heavy atom. The predicted octanol–water partition coefficient (Wildman–Crippen LogP) is 4.21. The zero-order valence-corrected chi connectivity index (χ0v) is 13.5. The maximum atomic E-state index is 6.13. The van der Waals surface area contributed by atoms with Crippen molar-refractivity contribution in [3.05, 3.63) is 62.7 Å². The number of fused-ring (bicyclic) bond motifs is 1. The van der Waals surface area contributed by atoms with E-state index in [0.29, 0.717) is 6.61 Å². The van der Waals surface area contributed by atoms with Crippen molar-refractivity contribution in [1.29, 1.82) is 0 Å². The van der Waals surface area contributed by atoms with Gasteiger partial charge in [0.2, 0.25) is 0 Å². The third-order valence-electron chi connectivity index (χ3n) is 3.79. The summed E-state index contributed by atoms with van der Waals surface area (Å²) in [6.07, 6.45) is 3.38. The van der Waals surface area contributed by atoms with Crippen LogP contribution in [-0.2, 0) is 13.0 Å². The molecule has 0 heterocycles. The van der Waals surface area contributed by atoms with E-state index in [1.807, 2.05) is 6.07 Å². The van der Waals surface area contributed by atoms with Crippen LogP contribution in [0.5, 0.6) is 5.75 Å². The first-order valence-electron chi connectivity index (χ1n) is 6.98. The highest BCUT2D eigenvalue weighted by atomic mass is 127. The van der Waals surface area contributed by atoms with Crippen molar-refractivity contribution in [2.24, 2.45) is 5.73 Å².